The van der Waals surface area contributed by atoms with Crippen LogP contribution in [-0.2, 0) is 27.5 Å². The van der Waals surface area contributed by atoms with Gasteiger partial charge >= 0.3 is 6.09 Å². The van der Waals surface area contributed by atoms with Crippen molar-refractivity contribution >= 4 is 6.09 Å². The van der Waals surface area contributed by atoms with Gasteiger partial charge in [-0.2, -0.15) is 0 Å². The van der Waals surface area contributed by atoms with Gasteiger partial charge in [-0.25, -0.2) is 4.79 Å². The molecule has 1 atom stereocenters. The molecule has 10 nitrogen and oxygen atoms in total. The van der Waals surface area contributed by atoms with Gasteiger partial charge in [0.05, 0.1) is 25.9 Å². The van der Waals surface area contributed by atoms with E-state index in [4.69, 9.17) is 18.9 Å². The highest BCUT2D eigenvalue weighted by atomic mass is 16.9. The molecule has 1 amide bonds. The molecule has 0 N–H and O–H groups in total. The third kappa shape index (κ3) is 8.73. The number of hydrogen-bond donors (Lipinski definition) is 0. The van der Waals surface area contributed by atoms with Crippen LogP contribution in [0.2, 0.25) is 0 Å². The average Bonchev–Trinajstić information content (AvgIpc) is 2.85. The molecule has 190 valence electrons. The van der Waals surface area contributed by atoms with Crippen LogP contribution >= 0.6 is 0 Å². The largest absolute Gasteiger partial charge is 0.493 e. The van der Waals surface area contributed by atoms with Crippen LogP contribution in [0.3, 0.4) is 0 Å². The zero-order valence-corrected chi connectivity index (χ0v) is 20.1. The van der Waals surface area contributed by atoms with Gasteiger partial charge in [0.1, 0.15) is 18.1 Å². The van der Waals surface area contributed by atoms with Crippen molar-refractivity contribution in [2.75, 3.05) is 33.4 Å². The zero-order chi connectivity index (χ0) is 25.0. The maximum absolute atomic E-state index is 12.7. The molecular weight excluding hydrogens is 456 g/mol. The third-order valence-corrected chi connectivity index (χ3v) is 5.52. The van der Waals surface area contributed by atoms with E-state index in [1.807, 2.05) is 25.1 Å². The average molecular weight is 489 g/mol. The van der Waals surface area contributed by atoms with Gasteiger partial charge in [-0.1, -0.05) is 24.3 Å². The Morgan fingerprint density at radius 3 is 2.83 bits per heavy atom. The summed E-state index contributed by atoms with van der Waals surface area (Å²) in [6.07, 6.45) is 1.83. The van der Waals surface area contributed by atoms with E-state index in [0.29, 0.717) is 44.2 Å². The van der Waals surface area contributed by atoms with Gasteiger partial charge in [0.25, 0.3) is 5.09 Å². The fourth-order valence-corrected chi connectivity index (χ4v) is 3.74. The highest BCUT2D eigenvalue weighted by molar-refractivity contribution is 5.70. The first-order valence-electron chi connectivity index (χ1n) is 11.6. The third-order valence-electron chi connectivity index (χ3n) is 5.52. The Kier molecular flexibility index (Phi) is 10.1. The number of ether oxygens (including phenoxy) is 4. The second-order valence-corrected chi connectivity index (χ2v) is 8.34. The molecule has 1 aliphatic heterocycles. The van der Waals surface area contributed by atoms with Crippen LogP contribution in [0.1, 0.15) is 36.0 Å². The van der Waals surface area contributed by atoms with Crippen molar-refractivity contribution in [1.29, 1.82) is 0 Å². The Balaban J connectivity index is 1.52. The summed E-state index contributed by atoms with van der Waals surface area (Å²) in [7, 11) is 1.67. The standard InChI is InChI=1S/C25H32N2O8/c1-19-9-10-21(24(14-19)32-13-5-12-31-2)18-33-23-8-4-11-26(16-23)25(28)35-22-7-3-6-20(15-22)17-34-27(29)30/h3,6-7,9-10,14-15,23H,4-5,8,11-13,16-18H2,1-2H3. The molecule has 1 unspecified atom stereocenters. The van der Waals surface area contributed by atoms with E-state index in [0.717, 1.165) is 36.1 Å². The Hall–Kier alpha value is -3.37. The molecular formula is C25H32N2O8. The van der Waals surface area contributed by atoms with Crippen molar-refractivity contribution in [2.24, 2.45) is 0 Å². The molecule has 1 heterocycles. The lowest BCUT2D eigenvalue weighted by molar-refractivity contribution is -0.763. The second kappa shape index (κ2) is 13.5. The summed E-state index contributed by atoms with van der Waals surface area (Å²) in [5.74, 6) is 1.10. The molecule has 35 heavy (non-hydrogen) atoms. The summed E-state index contributed by atoms with van der Waals surface area (Å²) in [4.78, 5) is 29.1. The van der Waals surface area contributed by atoms with E-state index in [9.17, 15) is 14.9 Å². The van der Waals surface area contributed by atoms with Gasteiger partial charge in [-0.15, -0.1) is 10.1 Å². The summed E-state index contributed by atoms with van der Waals surface area (Å²) >= 11 is 0. The summed E-state index contributed by atoms with van der Waals surface area (Å²) in [6, 6.07) is 12.5. The highest BCUT2D eigenvalue weighted by Crippen LogP contribution is 2.24. The van der Waals surface area contributed by atoms with Crippen molar-refractivity contribution in [3.8, 4) is 11.5 Å². The highest BCUT2D eigenvalue weighted by Gasteiger charge is 2.26. The molecule has 0 spiro atoms. The topological polar surface area (TPSA) is 110 Å². The first kappa shape index (κ1) is 26.2. The van der Waals surface area contributed by atoms with E-state index in [1.54, 1.807) is 36.3 Å². The molecule has 0 aromatic heterocycles. The number of aryl methyl sites for hydroxylation is 1. The van der Waals surface area contributed by atoms with Gasteiger partial charge in [0.2, 0.25) is 0 Å². The van der Waals surface area contributed by atoms with Gasteiger partial charge in [0.15, 0.2) is 0 Å². The molecule has 1 saturated heterocycles. The molecule has 1 aliphatic rings. The second-order valence-electron chi connectivity index (χ2n) is 8.34. The molecule has 0 aliphatic carbocycles. The number of carbonyl (C=O) groups excluding carboxylic acids is 1. The number of likely N-dealkylation sites (tertiary alicyclic amines) is 1. The number of rotatable bonds is 12. The van der Waals surface area contributed by atoms with Gasteiger partial charge < -0.3 is 28.7 Å². The van der Waals surface area contributed by atoms with Crippen LogP contribution < -0.4 is 9.47 Å². The van der Waals surface area contributed by atoms with E-state index < -0.39 is 11.2 Å². The van der Waals surface area contributed by atoms with Crippen LogP contribution in [-0.4, -0.2) is 55.6 Å². The van der Waals surface area contributed by atoms with Crippen molar-refractivity contribution < 1.29 is 33.7 Å². The lowest BCUT2D eigenvalue weighted by Gasteiger charge is -2.32. The number of methoxy groups -OCH3 is 1. The van der Waals surface area contributed by atoms with Crippen molar-refractivity contribution in [3.05, 3.63) is 69.3 Å². The Labute approximate surface area is 204 Å². The number of amides is 1. The fraction of sp³-hybridized carbons (Fsp3) is 0.480. The van der Waals surface area contributed by atoms with E-state index in [2.05, 4.69) is 4.84 Å². The zero-order valence-electron chi connectivity index (χ0n) is 20.1. The maximum Gasteiger partial charge on any atom is 0.415 e. The van der Waals surface area contributed by atoms with Gasteiger partial charge in [-0.05, 0) is 49.1 Å². The number of benzene rings is 2. The normalized spacial score (nSPS) is 15.5. The molecule has 10 heteroatoms. The first-order chi connectivity index (χ1) is 16.9. The minimum atomic E-state index is -0.861. The van der Waals surface area contributed by atoms with Crippen LogP contribution in [0, 0.1) is 17.0 Å². The monoisotopic (exact) mass is 488 g/mol. The molecule has 0 radical (unpaired) electrons. The van der Waals surface area contributed by atoms with Crippen LogP contribution in [0.15, 0.2) is 42.5 Å². The number of hydrogen-bond acceptors (Lipinski definition) is 8. The van der Waals surface area contributed by atoms with Crippen molar-refractivity contribution in [2.45, 2.75) is 45.5 Å². The Morgan fingerprint density at radius 2 is 2.03 bits per heavy atom. The minimum Gasteiger partial charge on any atom is -0.493 e. The number of carbonyl (C=O) groups is 1. The molecule has 1 fully saturated rings. The molecule has 3 rings (SSSR count). The lowest BCUT2D eigenvalue weighted by atomic mass is 10.1. The predicted molar refractivity (Wildman–Crippen MR) is 127 cm³/mol. The Bertz CT molecular complexity index is 984. The Morgan fingerprint density at radius 1 is 1.17 bits per heavy atom. The summed E-state index contributed by atoms with van der Waals surface area (Å²) in [6.45, 7) is 4.37. The minimum absolute atomic E-state index is 0.126. The quantitative estimate of drug-likeness (QED) is 0.247. The van der Waals surface area contributed by atoms with Crippen LogP contribution in [0.5, 0.6) is 11.5 Å². The number of piperidine rings is 1. The molecule has 0 bridgehead atoms. The smallest absolute Gasteiger partial charge is 0.415 e. The summed E-state index contributed by atoms with van der Waals surface area (Å²) in [5, 5.41) is 9.53. The van der Waals surface area contributed by atoms with Gasteiger partial charge in [0, 0.05) is 32.2 Å². The first-order valence-corrected chi connectivity index (χ1v) is 11.6. The maximum atomic E-state index is 12.7. The van der Waals surface area contributed by atoms with E-state index >= 15 is 0 Å². The predicted octanol–water partition coefficient (Wildman–Crippen LogP) is 4.30. The molecule has 0 saturated carbocycles. The number of nitrogens with zero attached hydrogens (tertiary/aromatic N) is 2. The van der Waals surface area contributed by atoms with Crippen LogP contribution in [0.4, 0.5) is 4.79 Å². The fourth-order valence-electron chi connectivity index (χ4n) is 3.74. The summed E-state index contributed by atoms with van der Waals surface area (Å²) in [5.41, 5.74) is 2.60. The van der Waals surface area contributed by atoms with Gasteiger partial charge in [-0.3, -0.25) is 0 Å². The van der Waals surface area contributed by atoms with E-state index in [1.165, 1.54) is 0 Å². The lowest BCUT2D eigenvalue weighted by Crippen LogP contribution is -2.44. The molecule has 2 aromatic rings. The van der Waals surface area contributed by atoms with Crippen molar-refractivity contribution in [1.82, 2.24) is 4.90 Å². The molecule has 2 aromatic carbocycles. The van der Waals surface area contributed by atoms with Crippen molar-refractivity contribution in [3.63, 3.8) is 0 Å². The van der Waals surface area contributed by atoms with E-state index in [-0.39, 0.29) is 12.7 Å². The summed E-state index contributed by atoms with van der Waals surface area (Å²) < 4.78 is 22.6. The van der Waals surface area contributed by atoms with Crippen LogP contribution in [0.25, 0.3) is 0 Å². The SMILES string of the molecule is COCCCOc1cc(C)ccc1COC1CCCN(C(=O)Oc2cccc(CO[N+](=O)[O-])c2)C1.